The van der Waals surface area contributed by atoms with Gasteiger partial charge < -0.3 is 14.8 Å². The summed E-state index contributed by atoms with van der Waals surface area (Å²) < 4.78 is 23.4. The fourth-order valence-electron chi connectivity index (χ4n) is 2.02. The van der Waals surface area contributed by atoms with Gasteiger partial charge in [-0.05, 0) is 24.3 Å². The summed E-state index contributed by atoms with van der Waals surface area (Å²) in [6.07, 6.45) is 0. The number of rotatable bonds is 6. The predicted molar refractivity (Wildman–Crippen MR) is 86.4 cm³/mol. The minimum atomic E-state index is -0.888. The lowest BCUT2D eigenvalue weighted by Crippen LogP contribution is -2.32. The smallest absolute Gasteiger partial charge is 0.259 e. The Kier molecular flexibility index (Phi) is 5.99. The Labute approximate surface area is 143 Å². The van der Waals surface area contributed by atoms with Crippen molar-refractivity contribution in [3.63, 3.8) is 0 Å². The molecule has 1 N–H and O–H groups in total. The van der Waals surface area contributed by atoms with Gasteiger partial charge in [0.1, 0.15) is 23.4 Å². The number of methoxy groups -OCH3 is 1. The maximum atomic E-state index is 13.0. The van der Waals surface area contributed by atoms with E-state index in [0.717, 1.165) is 6.07 Å². The van der Waals surface area contributed by atoms with Crippen LogP contribution in [0.25, 0.3) is 0 Å². The van der Waals surface area contributed by atoms with Gasteiger partial charge in [0.15, 0.2) is 6.61 Å². The average molecular weight is 349 g/mol. The summed E-state index contributed by atoms with van der Waals surface area (Å²) in [7, 11) is 1.48. The molecule has 1 amide bonds. The molecule has 2 rings (SSSR count). The van der Waals surface area contributed by atoms with Crippen LogP contribution in [0.3, 0.4) is 0 Å². The number of carbonyl (C=O) groups excluding carboxylic acids is 1. The first-order valence-corrected chi connectivity index (χ1v) is 7.32. The lowest BCUT2D eigenvalue weighted by molar-refractivity contribution is -0.123. The lowest BCUT2D eigenvalue weighted by Gasteiger charge is -2.15. The number of amides is 1. The molecule has 0 aliphatic heterocycles. The summed E-state index contributed by atoms with van der Waals surface area (Å²) in [5.41, 5.74) is 0.538. The molecule has 7 heteroatoms. The van der Waals surface area contributed by atoms with Crippen LogP contribution >= 0.6 is 11.6 Å². The predicted octanol–water partition coefficient (Wildman–Crippen LogP) is 3.25. The monoisotopic (exact) mass is 348 g/mol. The van der Waals surface area contributed by atoms with Crippen molar-refractivity contribution in [2.24, 2.45) is 0 Å². The van der Waals surface area contributed by atoms with Gasteiger partial charge in [0.25, 0.3) is 5.91 Å². The van der Waals surface area contributed by atoms with E-state index < -0.39 is 17.8 Å². The summed E-state index contributed by atoms with van der Waals surface area (Å²) in [6.45, 7) is -0.362. The number of ether oxygens (including phenoxy) is 2. The summed E-state index contributed by atoms with van der Waals surface area (Å²) >= 11 is 5.82. The number of carbonyl (C=O) groups is 1. The second kappa shape index (κ2) is 8.18. The molecule has 2 aromatic rings. The first-order valence-electron chi connectivity index (χ1n) is 6.95. The van der Waals surface area contributed by atoms with Crippen LogP contribution in [0.1, 0.15) is 11.6 Å². The summed E-state index contributed by atoms with van der Waals surface area (Å²) in [5.74, 6) is -0.351. The topological polar surface area (TPSA) is 71.3 Å². The van der Waals surface area contributed by atoms with E-state index in [1.807, 2.05) is 6.07 Å². The van der Waals surface area contributed by atoms with E-state index in [9.17, 15) is 14.4 Å². The third-order valence-corrected chi connectivity index (χ3v) is 3.43. The Bertz CT molecular complexity index is 777. The molecule has 0 unspecified atom stereocenters. The van der Waals surface area contributed by atoms with Crippen molar-refractivity contribution in [1.82, 2.24) is 5.32 Å². The van der Waals surface area contributed by atoms with E-state index in [2.05, 4.69) is 5.32 Å². The molecule has 5 nitrogen and oxygen atoms in total. The van der Waals surface area contributed by atoms with Crippen molar-refractivity contribution in [3.8, 4) is 17.6 Å². The standard InChI is InChI=1S/C17H14ClFN2O3/c1-23-15-5-3-2-4-12(15)14(9-20)21-17(22)10-24-16-7-6-11(19)8-13(16)18/h2-8,14H,10H2,1H3,(H,21,22)/t14-/m0/s1. The zero-order valence-electron chi connectivity index (χ0n) is 12.8. The van der Waals surface area contributed by atoms with E-state index in [0.29, 0.717) is 11.3 Å². The highest BCUT2D eigenvalue weighted by atomic mass is 35.5. The van der Waals surface area contributed by atoms with Gasteiger partial charge in [-0.1, -0.05) is 29.8 Å². The van der Waals surface area contributed by atoms with E-state index in [1.54, 1.807) is 24.3 Å². The number of benzene rings is 2. The lowest BCUT2D eigenvalue weighted by atomic mass is 10.1. The van der Waals surface area contributed by atoms with Gasteiger partial charge in [-0.25, -0.2) is 4.39 Å². The fraction of sp³-hybridized carbons (Fsp3) is 0.176. The van der Waals surface area contributed by atoms with Crippen molar-refractivity contribution in [3.05, 3.63) is 58.9 Å². The zero-order valence-corrected chi connectivity index (χ0v) is 13.5. The van der Waals surface area contributed by atoms with Crippen molar-refractivity contribution in [2.75, 3.05) is 13.7 Å². The molecule has 0 heterocycles. The summed E-state index contributed by atoms with van der Waals surface area (Å²) in [4.78, 5) is 12.0. The van der Waals surface area contributed by atoms with Crippen molar-refractivity contribution >= 4 is 17.5 Å². The number of hydrogen-bond donors (Lipinski definition) is 1. The van der Waals surface area contributed by atoms with E-state index in [-0.39, 0.29) is 17.4 Å². The average Bonchev–Trinajstić information content (AvgIpc) is 2.59. The van der Waals surface area contributed by atoms with Gasteiger partial charge in [0, 0.05) is 5.56 Å². The van der Waals surface area contributed by atoms with Crippen LogP contribution in [0, 0.1) is 17.1 Å². The van der Waals surface area contributed by atoms with Crippen LogP contribution < -0.4 is 14.8 Å². The molecule has 24 heavy (non-hydrogen) atoms. The van der Waals surface area contributed by atoms with E-state index >= 15 is 0 Å². The van der Waals surface area contributed by atoms with Crippen molar-refractivity contribution < 1.29 is 18.7 Å². The summed E-state index contributed by atoms with van der Waals surface area (Å²) in [5, 5.41) is 11.9. The van der Waals surface area contributed by atoms with E-state index in [1.165, 1.54) is 19.2 Å². The molecule has 0 saturated carbocycles. The van der Waals surface area contributed by atoms with Crippen molar-refractivity contribution in [2.45, 2.75) is 6.04 Å². The maximum absolute atomic E-state index is 13.0. The Balaban J connectivity index is 2.01. The molecule has 0 radical (unpaired) electrons. The highest BCUT2D eigenvalue weighted by Gasteiger charge is 2.18. The number of hydrogen-bond acceptors (Lipinski definition) is 4. The van der Waals surface area contributed by atoms with Crippen LogP contribution in [0.4, 0.5) is 4.39 Å². The minimum Gasteiger partial charge on any atom is -0.496 e. The molecule has 1 atom stereocenters. The minimum absolute atomic E-state index is 0.0596. The van der Waals surface area contributed by atoms with Gasteiger partial charge >= 0.3 is 0 Å². The van der Waals surface area contributed by atoms with Gasteiger partial charge in [-0.15, -0.1) is 0 Å². The van der Waals surface area contributed by atoms with Crippen molar-refractivity contribution in [1.29, 1.82) is 5.26 Å². The number of nitriles is 1. The highest BCUT2D eigenvalue weighted by Crippen LogP contribution is 2.26. The third kappa shape index (κ3) is 4.37. The summed E-state index contributed by atoms with van der Waals surface area (Å²) in [6, 6.07) is 11.6. The Morgan fingerprint density at radius 3 is 2.75 bits per heavy atom. The van der Waals surface area contributed by atoms with Gasteiger partial charge in [-0.2, -0.15) is 5.26 Å². The van der Waals surface area contributed by atoms with Gasteiger partial charge in [0.05, 0.1) is 18.2 Å². The maximum Gasteiger partial charge on any atom is 0.259 e. The molecule has 0 aliphatic rings. The Morgan fingerprint density at radius 1 is 1.33 bits per heavy atom. The third-order valence-electron chi connectivity index (χ3n) is 3.14. The largest absolute Gasteiger partial charge is 0.496 e. The molecule has 0 fully saturated rings. The van der Waals surface area contributed by atoms with E-state index in [4.69, 9.17) is 21.1 Å². The molecule has 0 saturated heterocycles. The Hall–Kier alpha value is -2.78. The Morgan fingerprint density at radius 2 is 2.08 bits per heavy atom. The van der Waals surface area contributed by atoms with Crippen LogP contribution in [0.2, 0.25) is 5.02 Å². The molecular weight excluding hydrogens is 335 g/mol. The normalized spacial score (nSPS) is 11.2. The second-order valence-electron chi connectivity index (χ2n) is 4.73. The number of para-hydroxylation sites is 1. The zero-order chi connectivity index (χ0) is 17.5. The number of nitrogens with one attached hydrogen (secondary N) is 1. The van der Waals surface area contributed by atoms with Crippen LogP contribution in [-0.4, -0.2) is 19.6 Å². The SMILES string of the molecule is COc1ccccc1[C@H](C#N)NC(=O)COc1ccc(F)cc1Cl. The van der Waals surface area contributed by atoms with Crippen LogP contribution in [-0.2, 0) is 4.79 Å². The molecule has 124 valence electrons. The molecule has 0 aliphatic carbocycles. The fourth-order valence-corrected chi connectivity index (χ4v) is 2.24. The molecule has 2 aromatic carbocycles. The van der Waals surface area contributed by atoms with Gasteiger partial charge in [0.2, 0.25) is 0 Å². The van der Waals surface area contributed by atoms with Crippen LogP contribution in [0.15, 0.2) is 42.5 Å². The molecule has 0 spiro atoms. The molecule has 0 bridgehead atoms. The quantitative estimate of drug-likeness (QED) is 0.869. The number of nitrogens with zero attached hydrogens (tertiary/aromatic N) is 1. The highest BCUT2D eigenvalue weighted by molar-refractivity contribution is 6.32. The van der Waals surface area contributed by atoms with Gasteiger partial charge in [-0.3, -0.25) is 4.79 Å². The molecular formula is C17H14ClFN2O3. The number of halogens is 2. The van der Waals surface area contributed by atoms with Crippen LogP contribution in [0.5, 0.6) is 11.5 Å². The molecule has 0 aromatic heterocycles. The first kappa shape index (κ1) is 17.6. The second-order valence-corrected chi connectivity index (χ2v) is 5.14. The first-order chi connectivity index (χ1) is 11.5.